The van der Waals surface area contributed by atoms with Gasteiger partial charge in [0.2, 0.25) is 5.91 Å². The Morgan fingerprint density at radius 1 is 1.20 bits per heavy atom. The maximum atomic E-state index is 12.5. The highest BCUT2D eigenvalue weighted by Crippen LogP contribution is 2.28. The highest BCUT2D eigenvalue weighted by Gasteiger charge is 2.34. The average Bonchev–Trinajstić information content (AvgIpc) is 3.20. The van der Waals surface area contributed by atoms with Crippen LogP contribution in [0.5, 0.6) is 0 Å². The van der Waals surface area contributed by atoms with Gasteiger partial charge < -0.3 is 10.2 Å². The second kappa shape index (κ2) is 6.40. The molecule has 1 aliphatic carbocycles. The Morgan fingerprint density at radius 3 is 2.65 bits per heavy atom. The number of carbonyl (C=O) groups excluding carboxylic acids is 1. The lowest BCUT2D eigenvalue weighted by Crippen LogP contribution is -2.42. The van der Waals surface area contributed by atoms with Gasteiger partial charge in [0.1, 0.15) is 0 Å². The van der Waals surface area contributed by atoms with Gasteiger partial charge in [-0.15, -0.1) is 0 Å². The Hall–Kier alpha value is -1.35. The zero-order chi connectivity index (χ0) is 13.8. The fourth-order valence-corrected chi connectivity index (χ4v) is 3.03. The lowest BCUT2D eigenvalue weighted by molar-refractivity contribution is -0.132. The molecule has 20 heavy (non-hydrogen) atoms. The topological polar surface area (TPSA) is 32.3 Å². The van der Waals surface area contributed by atoms with Gasteiger partial charge in [0.05, 0.1) is 0 Å². The van der Waals surface area contributed by atoms with Crippen LogP contribution in [0.4, 0.5) is 0 Å². The van der Waals surface area contributed by atoms with Crippen molar-refractivity contribution >= 4 is 5.91 Å². The summed E-state index contributed by atoms with van der Waals surface area (Å²) in [7, 11) is 0. The first kappa shape index (κ1) is 13.6. The number of aryl methyl sites for hydroxylation is 1. The summed E-state index contributed by atoms with van der Waals surface area (Å²) in [6.07, 6.45) is 6.37. The van der Waals surface area contributed by atoms with Crippen LogP contribution in [0.15, 0.2) is 30.3 Å². The second-order valence-corrected chi connectivity index (χ2v) is 6.06. The molecule has 1 amide bonds. The van der Waals surface area contributed by atoms with E-state index in [4.69, 9.17) is 0 Å². The highest BCUT2D eigenvalue weighted by molar-refractivity contribution is 5.77. The van der Waals surface area contributed by atoms with E-state index in [1.54, 1.807) is 0 Å². The Kier molecular flexibility index (Phi) is 4.36. The SMILES string of the molecule is O=C(CCc1ccccc1)N(CC1CCCN1)C1CC1. The molecule has 1 aromatic rings. The van der Waals surface area contributed by atoms with Crippen LogP contribution in [0, 0.1) is 0 Å². The summed E-state index contributed by atoms with van der Waals surface area (Å²) in [4.78, 5) is 14.6. The van der Waals surface area contributed by atoms with Gasteiger partial charge in [0.25, 0.3) is 0 Å². The number of hydrogen-bond donors (Lipinski definition) is 1. The van der Waals surface area contributed by atoms with E-state index in [1.807, 2.05) is 18.2 Å². The van der Waals surface area contributed by atoms with Crippen molar-refractivity contribution in [3.05, 3.63) is 35.9 Å². The molecule has 0 radical (unpaired) electrons. The van der Waals surface area contributed by atoms with Crippen LogP contribution < -0.4 is 5.32 Å². The predicted molar refractivity (Wildman–Crippen MR) is 80.5 cm³/mol. The molecule has 3 rings (SSSR count). The third kappa shape index (κ3) is 3.60. The molecule has 0 bridgehead atoms. The molecule has 1 unspecified atom stereocenters. The van der Waals surface area contributed by atoms with Crippen LogP contribution in [-0.2, 0) is 11.2 Å². The van der Waals surface area contributed by atoms with Crippen molar-refractivity contribution in [3.63, 3.8) is 0 Å². The fraction of sp³-hybridized carbons (Fsp3) is 0.588. The average molecular weight is 272 g/mol. The van der Waals surface area contributed by atoms with Crippen LogP contribution in [0.25, 0.3) is 0 Å². The number of nitrogens with one attached hydrogen (secondary N) is 1. The molecule has 108 valence electrons. The summed E-state index contributed by atoms with van der Waals surface area (Å²) >= 11 is 0. The second-order valence-electron chi connectivity index (χ2n) is 6.06. The number of hydrogen-bond acceptors (Lipinski definition) is 2. The molecule has 2 aliphatic rings. The predicted octanol–water partition coefficient (Wildman–Crippen LogP) is 2.36. The molecule has 1 atom stereocenters. The summed E-state index contributed by atoms with van der Waals surface area (Å²) in [6, 6.07) is 11.4. The van der Waals surface area contributed by atoms with Crippen LogP contribution in [0.2, 0.25) is 0 Å². The molecule has 1 heterocycles. The van der Waals surface area contributed by atoms with Gasteiger partial charge in [-0.25, -0.2) is 0 Å². The van der Waals surface area contributed by atoms with Crippen molar-refractivity contribution in [1.29, 1.82) is 0 Å². The third-order valence-corrected chi connectivity index (χ3v) is 4.36. The number of benzene rings is 1. The number of carbonyl (C=O) groups is 1. The Labute approximate surface area is 121 Å². The lowest BCUT2D eigenvalue weighted by atomic mass is 10.1. The number of nitrogens with zero attached hydrogens (tertiary/aromatic N) is 1. The van der Waals surface area contributed by atoms with E-state index in [2.05, 4.69) is 22.3 Å². The summed E-state index contributed by atoms with van der Waals surface area (Å²) in [6.45, 7) is 2.03. The standard InChI is InChI=1S/C17H24N2O/c20-17(11-8-14-5-2-1-3-6-14)19(16-9-10-16)13-15-7-4-12-18-15/h1-3,5-6,15-16,18H,4,7-13H2. The summed E-state index contributed by atoms with van der Waals surface area (Å²) in [5.41, 5.74) is 1.26. The van der Waals surface area contributed by atoms with Crippen molar-refractivity contribution in [2.24, 2.45) is 0 Å². The first-order chi connectivity index (χ1) is 9.83. The monoisotopic (exact) mass is 272 g/mol. The lowest BCUT2D eigenvalue weighted by Gasteiger charge is -2.26. The van der Waals surface area contributed by atoms with Crippen molar-refractivity contribution < 1.29 is 4.79 Å². The molecule has 3 nitrogen and oxygen atoms in total. The van der Waals surface area contributed by atoms with Crippen LogP contribution in [0.1, 0.15) is 37.7 Å². The number of amides is 1. The normalized spacial score (nSPS) is 21.9. The Bertz CT molecular complexity index is 436. The highest BCUT2D eigenvalue weighted by atomic mass is 16.2. The van der Waals surface area contributed by atoms with E-state index < -0.39 is 0 Å². The van der Waals surface area contributed by atoms with Crippen LogP contribution in [0.3, 0.4) is 0 Å². The summed E-state index contributed by atoms with van der Waals surface area (Å²) < 4.78 is 0. The molecule has 1 aromatic carbocycles. The molecule has 0 aromatic heterocycles. The number of rotatable bonds is 6. The molecule has 3 heteroatoms. The van der Waals surface area contributed by atoms with Crippen LogP contribution >= 0.6 is 0 Å². The molecule has 1 aliphatic heterocycles. The zero-order valence-corrected chi connectivity index (χ0v) is 12.1. The Balaban J connectivity index is 1.52. The maximum absolute atomic E-state index is 12.5. The van der Waals surface area contributed by atoms with E-state index in [0.29, 0.717) is 24.4 Å². The summed E-state index contributed by atoms with van der Waals surface area (Å²) in [5, 5.41) is 3.50. The first-order valence-corrected chi connectivity index (χ1v) is 7.90. The van der Waals surface area contributed by atoms with Gasteiger partial charge in [-0.1, -0.05) is 30.3 Å². The van der Waals surface area contributed by atoms with Gasteiger partial charge >= 0.3 is 0 Å². The summed E-state index contributed by atoms with van der Waals surface area (Å²) in [5.74, 6) is 0.338. The van der Waals surface area contributed by atoms with Gasteiger partial charge in [0, 0.05) is 25.0 Å². The Morgan fingerprint density at radius 2 is 2.00 bits per heavy atom. The van der Waals surface area contributed by atoms with Gasteiger partial charge in [-0.3, -0.25) is 4.79 Å². The molecule has 1 saturated heterocycles. The molecular formula is C17H24N2O. The largest absolute Gasteiger partial charge is 0.338 e. The van der Waals surface area contributed by atoms with Gasteiger partial charge in [0.15, 0.2) is 0 Å². The minimum Gasteiger partial charge on any atom is -0.338 e. The smallest absolute Gasteiger partial charge is 0.223 e. The van der Waals surface area contributed by atoms with Crippen molar-refractivity contribution in [1.82, 2.24) is 10.2 Å². The van der Waals surface area contributed by atoms with E-state index in [9.17, 15) is 4.79 Å². The quantitative estimate of drug-likeness (QED) is 0.862. The molecular weight excluding hydrogens is 248 g/mol. The minimum atomic E-state index is 0.338. The van der Waals surface area contributed by atoms with Crippen LogP contribution in [-0.4, -0.2) is 36.0 Å². The molecule has 2 fully saturated rings. The molecule has 1 saturated carbocycles. The fourth-order valence-electron chi connectivity index (χ4n) is 3.03. The van der Waals surface area contributed by atoms with Crippen molar-refractivity contribution in [2.45, 2.75) is 50.6 Å². The maximum Gasteiger partial charge on any atom is 0.223 e. The zero-order valence-electron chi connectivity index (χ0n) is 12.1. The van der Waals surface area contributed by atoms with E-state index in [0.717, 1.165) is 19.5 Å². The van der Waals surface area contributed by atoms with E-state index in [-0.39, 0.29) is 0 Å². The van der Waals surface area contributed by atoms with Gasteiger partial charge in [-0.2, -0.15) is 0 Å². The molecule has 1 N–H and O–H groups in total. The molecule has 0 spiro atoms. The third-order valence-electron chi connectivity index (χ3n) is 4.36. The van der Waals surface area contributed by atoms with E-state index >= 15 is 0 Å². The minimum absolute atomic E-state index is 0.338. The van der Waals surface area contributed by atoms with Crippen molar-refractivity contribution in [2.75, 3.05) is 13.1 Å². The first-order valence-electron chi connectivity index (χ1n) is 7.90. The van der Waals surface area contributed by atoms with E-state index in [1.165, 1.54) is 31.2 Å². The van der Waals surface area contributed by atoms with Gasteiger partial charge in [-0.05, 0) is 44.2 Å². The van der Waals surface area contributed by atoms with Crippen molar-refractivity contribution in [3.8, 4) is 0 Å².